The number of rotatable bonds is 10. The predicted molar refractivity (Wildman–Crippen MR) is 131 cm³/mol. The van der Waals surface area contributed by atoms with Gasteiger partial charge in [0.2, 0.25) is 10.0 Å². The fourth-order valence-electron chi connectivity index (χ4n) is 3.54. The maximum atomic E-state index is 12.2. The molecule has 0 amide bonds. The highest BCUT2D eigenvalue weighted by atomic mass is 32.2. The maximum Gasteiger partial charge on any atom is 0.215 e. The molecule has 1 aliphatic rings. The van der Waals surface area contributed by atoms with E-state index >= 15 is 0 Å². The van der Waals surface area contributed by atoms with E-state index in [0.29, 0.717) is 6.54 Å². The lowest BCUT2D eigenvalue weighted by molar-refractivity contribution is 0.574. The van der Waals surface area contributed by atoms with Crippen molar-refractivity contribution < 1.29 is 8.42 Å². The normalized spacial score (nSPS) is 13.3. The third kappa shape index (κ3) is 6.32. The zero-order chi connectivity index (χ0) is 21.5. The van der Waals surface area contributed by atoms with E-state index in [1.165, 1.54) is 15.3 Å². The van der Waals surface area contributed by atoms with Gasteiger partial charge in [-0.25, -0.2) is 18.1 Å². The molecule has 5 nitrogen and oxygen atoms in total. The highest BCUT2D eigenvalue weighted by Crippen LogP contribution is 2.40. The fraction of sp³-hybridized carbons (Fsp3) is 0.348. The number of anilines is 1. The SMILES string of the molecule is O=S(=O)(Cc1ccccc1)NCCCCCNc1nc2c(s1)CCSc1ccccc1-2. The zero-order valence-electron chi connectivity index (χ0n) is 17.3. The Morgan fingerprint density at radius 2 is 1.71 bits per heavy atom. The predicted octanol–water partition coefficient (Wildman–Crippen LogP) is 5.16. The van der Waals surface area contributed by atoms with Gasteiger partial charge in [0.1, 0.15) is 0 Å². The number of fused-ring (bicyclic) bond motifs is 3. The number of nitrogens with zero attached hydrogens (tertiary/aromatic N) is 1. The fourth-order valence-corrected chi connectivity index (χ4v) is 6.88. The molecule has 0 unspecified atom stereocenters. The van der Waals surface area contributed by atoms with Gasteiger partial charge in [-0.1, -0.05) is 55.0 Å². The van der Waals surface area contributed by atoms with Crippen molar-refractivity contribution in [2.45, 2.75) is 36.3 Å². The van der Waals surface area contributed by atoms with Crippen molar-refractivity contribution in [3.63, 3.8) is 0 Å². The van der Waals surface area contributed by atoms with E-state index in [2.05, 4.69) is 34.3 Å². The molecule has 1 aliphatic heterocycles. The second kappa shape index (κ2) is 10.6. The summed E-state index contributed by atoms with van der Waals surface area (Å²) in [6.07, 6.45) is 3.83. The molecule has 3 aromatic rings. The molecule has 0 fully saturated rings. The van der Waals surface area contributed by atoms with Crippen molar-refractivity contribution in [2.75, 3.05) is 24.2 Å². The molecular weight excluding hydrogens is 446 g/mol. The third-order valence-electron chi connectivity index (χ3n) is 5.08. The lowest BCUT2D eigenvalue weighted by atomic mass is 10.1. The summed E-state index contributed by atoms with van der Waals surface area (Å²) in [6.45, 7) is 1.33. The zero-order valence-corrected chi connectivity index (χ0v) is 19.8. The Kier molecular flexibility index (Phi) is 7.66. The number of hydrogen-bond acceptors (Lipinski definition) is 6. The minimum absolute atomic E-state index is 0.0335. The maximum absolute atomic E-state index is 12.2. The van der Waals surface area contributed by atoms with Gasteiger partial charge in [-0.2, -0.15) is 0 Å². The molecule has 0 bridgehead atoms. The van der Waals surface area contributed by atoms with Crippen LogP contribution in [0.25, 0.3) is 11.3 Å². The molecule has 0 radical (unpaired) electrons. The standard InChI is InChI=1S/C23H27N3O2S3/c27-31(28,17-18-9-3-1-4-10-18)25-15-8-2-7-14-24-23-26-22-19-11-5-6-12-20(19)29-16-13-21(22)30-23/h1,3-6,9-12,25H,2,7-8,13-17H2,(H,24,26). The minimum Gasteiger partial charge on any atom is -0.361 e. The van der Waals surface area contributed by atoms with E-state index in [9.17, 15) is 8.42 Å². The average Bonchev–Trinajstić information content (AvgIpc) is 3.08. The van der Waals surface area contributed by atoms with Crippen LogP contribution in [-0.4, -0.2) is 32.2 Å². The molecule has 2 N–H and O–H groups in total. The van der Waals surface area contributed by atoms with Crippen molar-refractivity contribution in [1.82, 2.24) is 9.71 Å². The van der Waals surface area contributed by atoms with Gasteiger partial charge in [-0.3, -0.25) is 0 Å². The Morgan fingerprint density at radius 1 is 0.935 bits per heavy atom. The van der Waals surface area contributed by atoms with Crippen LogP contribution in [-0.2, 0) is 22.2 Å². The Balaban J connectivity index is 1.18. The van der Waals surface area contributed by atoms with E-state index in [1.54, 1.807) is 11.3 Å². The van der Waals surface area contributed by atoms with Crippen LogP contribution in [0.1, 0.15) is 29.7 Å². The Labute approximate surface area is 192 Å². The van der Waals surface area contributed by atoms with E-state index in [1.807, 2.05) is 42.1 Å². The number of nitrogens with one attached hydrogen (secondary N) is 2. The molecular formula is C23H27N3O2S3. The molecule has 0 spiro atoms. The van der Waals surface area contributed by atoms with Crippen molar-refractivity contribution in [1.29, 1.82) is 0 Å². The van der Waals surface area contributed by atoms with E-state index in [-0.39, 0.29) is 5.75 Å². The lowest BCUT2D eigenvalue weighted by Crippen LogP contribution is -2.26. The number of thiazole rings is 1. The second-order valence-electron chi connectivity index (χ2n) is 7.51. The highest BCUT2D eigenvalue weighted by Gasteiger charge is 2.19. The highest BCUT2D eigenvalue weighted by molar-refractivity contribution is 7.99. The number of sulfonamides is 1. The van der Waals surface area contributed by atoms with Gasteiger partial charge in [-0.15, -0.1) is 23.1 Å². The second-order valence-corrected chi connectivity index (χ2v) is 11.5. The number of aromatic nitrogens is 1. The summed E-state index contributed by atoms with van der Waals surface area (Å²) in [6, 6.07) is 17.8. The molecule has 0 aliphatic carbocycles. The largest absolute Gasteiger partial charge is 0.361 e. The van der Waals surface area contributed by atoms with Crippen molar-refractivity contribution in [3.05, 3.63) is 65.0 Å². The van der Waals surface area contributed by atoms with Crippen LogP contribution in [0.5, 0.6) is 0 Å². The van der Waals surface area contributed by atoms with Gasteiger partial charge in [0.15, 0.2) is 5.13 Å². The van der Waals surface area contributed by atoms with Crippen LogP contribution in [0.2, 0.25) is 0 Å². The first kappa shape index (κ1) is 22.3. The number of hydrogen-bond donors (Lipinski definition) is 2. The quantitative estimate of drug-likeness (QED) is 0.398. The molecule has 0 saturated carbocycles. The van der Waals surface area contributed by atoms with Crippen LogP contribution in [0.4, 0.5) is 5.13 Å². The smallest absolute Gasteiger partial charge is 0.215 e. The molecule has 8 heteroatoms. The summed E-state index contributed by atoms with van der Waals surface area (Å²) in [5, 5.41) is 4.44. The molecule has 0 saturated heterocycles. The lowest BCUT2D eigenvalue weighted by Gasteiger charge is -2.07. The Morgan fingerprint density at radius 3 is 2.58 bits per heavy atom. The Hall–Kier alpha value is -1.87. The first-order chi connectivity index (χ1) is 15.1. The van der Waals surface area contributed by atoms with Crippen molar-refractivity contribution in [3.8, 4) is 11.3 Å². The topological polar surface area (TPSA) is 71.1 Å². The average molecular weight is 474 g/mol. The van der Waals surface area contributed by atoms with Crippen LogP contribution >= 0.6 is 23.1 Å². The summed E-state index contributed by atoms with van der Waals surface area (Å²) in [7, 11) is -3.28. The molecule has 2 heterocycles. The van der Waals surface area contributed by atoms with Gasteiger partial charge in [0.05, 0.1) is 11.4 Å². The van der Waals surface area contributed by atoms with Crippen LogP contribution in [0.3, 0.4) is 0 Å². The van der Waals surface area contributed by atoms with Crippen LogP contribution in [0.15, 0.2) is 59.5 Å². The Bertz CT molecular complexity index is 1100. The number of unbranched alkanes of at least 4 members (excludes halogenated alkanes) is 2. The molecule has 164 valence electrons. The summed E-state index contributed by atoms with van der Waals surface area (Å²) in [5.74, 6) is 1.12. The van der Waals surface area contributed by atoms with Gasteiger partial charge in [0, 0.05) is 34.2 Å². The van der Waals surface area contributed by atoms with Crippen molar-refractivity contribution in [2.24, 2.45) is 0 Å². The van der Waals surface area contributed by atoms with Gasteiger partial charge >= 0.3 is 0 Å². The van der Waals surface area contributed by atoms with Crippen LogP contribution < -0.4 is 10.0 Å². The van der Waals surface area contributed by atoms with E-state index in [0.717, 1.165) is 54.4 Å². The minimum atomic E-state index is -3.28. The summed E-state index contributed by atoms with van der Waals surface area (Å²) < 4.78 is 27.0. The molecule has 2 aromatic carbocycles. The van der Waals surface area contributed by atoms with Gasteiger partial charge in [-0.05, 0) is 30.9 Å². The summed E-state index contributed by atoms with van der Waals surface area (Å²) >= 11 is 3.66. The van der Waals surface area contributed by atoms with E-state index < -0.39 is 10.0 Å². The van der Waals surface area contributed by atoms with Gasteiger partial charge < -0.3 is 5.32 Å². The van der Waals surface area contributed by atoms with E-state index in [4.69, 9.17) is 4.98 Å². The summed E-state index contributed by atoms with van der Waals surface area (Å²) in [4.78, 5) is 7.53. The van der Waals surface area contributed by atoms with Gasteiger partial charge in [0.25, 0.3) is 0 Å². The number of aryl methyl sites for hydroxylation is 1. The number of thioether (sulfide) groups is 1. The first-order valence-electron chi connectivity index (χ1n) is 10.6. The third-order valence-corrected chi connectivity index (χ3v) is 8.58. The molecule has 31 heavy (non-hydrogen) atoms. The summed E-state index contributed by atoms with van der Waals surface area (Å²) in [5.41, 5.74) is 3.18. The molecule has 1 aromatic heterocycles. The molecule has 0 atom stereocenters. The van der Waals surface area contributed by atoms with Crippen molar-refractivity contribution >= 4 is 38.3 Å². The monoisotopic (exact) mass is 473 g/mol. The number of benzene rings is 2. The molecule has 4 rings (SSSR count). The van der Waals surface area contributed by atoms with Crippen LogP contribution in [0, 0.1) is 0 Å². The first-order valence-corrected chi connectivity index (χ1v) is 14.0.